The predicted molar refractivity (Wildman–Crippen MR) is 130 cm³/mol. The summed E-state index contributed by atoms with van der Waals surface area (Å²) in [5, 5.41) is 10.6. The van der Waals surface area contributed by atoms with Crippen LogP contribution in [0.25, 0.3) is 0 Å². The zero-order valence-corrected chi connectivity index (χ0v) is 21.3. The second-order valence-corrected chi connectivity index (χ2v) is 13.4. The van der Waals surface area contributed by atoms with E-state index < -0.39 is 26.9 Å². The van der Waals surface area contributed by atoms with E-state index in [-0.39, 0.29) is 16.2 Å². The van der Waals surface area contributed by atoms with E-state index in [1.807, 2.05) is 20.8 Å². The molecule has 0 aliphatic heterocycles. The standard InChI is InChI=1S/C22H29Cl2NO4S2/c1-16(6-5-13-30(27)22(2,3)4)25(21-14-19(24)8-7-17(21)15-26)31(28,29)20-11-9-18(23)10-12-20/h7-12,14,16,26H,5-6,13,15H2,1-4H3/t16-,30?/m1/s1. The van der Waals surface area contributed by atoms with Crippen LogP contribution in [0.5, 0.6) is 0 Å². The van der Waals surface area contributed by atoms with Crippen molar-refractivity contribution >= 4 is 49.7 Å². The highest BCUT2D eigenvalue weighted by Gasteiger charge is 2.31. The highest BCUT2D eigenvalue weighted by Crippen LogP contribution is 2.33. The average Bonchev–Trinajstić information content (AvgIpc) is 2.67. The first-order valence-electron chi connectivity index (χ1n) is 9.95. The van der Waals surface area contributed by atoms with Gasteiger partial charge in [0.25, 0.3) is 10.0 Å². The molecule has 0 bridgehead atoms. The third-order valence-electron chi connectivity index (χ3n) is 4.86. The molecule has 1 unspecified atom stereocenters. The van der Waals surface area contributed by atoms with Crippen LogP contribution in [0.2, 0.25) is 10.0 Å². The summed E-state index contributed by atoms with van der Waals surface area (Å²) in [6.45, 7) is 7.23. The first-order chi connectivity index (χ1) is 14.4. The molecule has 9 heteroatoms. The minimum atomic E-state index is -3.97. The lowest BCUT2D eigenvalue weighted by Gasteiger charge is -2.32. The first-order valence-corrected chi connectivity index (χ1v) is 13.5. The van der Waals surface area contributed by atoms with Crippen molar-refractivity contribution in [3.05, 3.63) is 58.1 Å². The lowest BCUT2D eigenvalue weighted by molar-refractivity contribution is 0.282. The summed E-state index contributed by atoms with van der Waals surface area (Å²) < 4.78 is 40.6. The fourth-order valence-corrected chi connectivity index (χ4v) is 6.18. The third kappa shape index (κ3) is 6.68. The van der Waals surface area contributed by atoms with E-state index in [2.05, 4.69) is 0 Å². The van der Waals surface area contributed by atoms with Gasteiger partial charge >= 0.3 is 0 Å². The van der Waals surface area contributed by atoms with Crippen molar-refractivity contribution in [3.63, 3.8) is 0 Å². The molecule has 2 rings (SSSR count). The molecule has 31 heavy (non-hydrogen) atoms. The number of aliphatic hydroxyl groups is 1. The normalized spacial score (nSPS) is 14.3. The summed E-state index contributed by atoms with van der Waals surface area (Å²) in [4.78, 5) is 0.0888. The minimum absolute atomic E-state index is 0.0888. The average molecular weight is 507 g/mol. The molecule has 2 aromatic carbocycles. The zero-order valence-electron chi connectivity index (χ0n) is 18.1. The molecule has 0 amide bonds. The molecule has 0 aliphatic rings. The number of anilines is 1. The topological polar surface area (TPSA) is 74.7 Å². The van der Waals surface area contributed by atoms with Gasteiger partial charge in [0.1, 0.15) is 0 Å². The number of rotatable bonds is 9. The quantitative estimate of drug-likeness (QED) is 0.495. The van der Waals surface area contributed by atoms with Gasteiger partial charge in [-0.1, -0.05) is 29.3 Å². The Morgan fingerprint density at radius 1 is 1.06 bits per heavy atom. The molecule has 0 aromatic heterocycles. The fourth-order valence-electron chi connectivity index (χ4n) is 3.13. The van der Waals surface area contributed by atoms with Crippen LogP contribution in [0.15, 0.2) is 47.4 Å². The highest BCUT2D eigenvalue weighted by atomic mass is 35.5. The lowest BCUT2D eigenvalue weighted by atomic mass is 10.1. The maximum atomic E-state index is 13.6. The summed E-state index contributed by atoms with van der Waals surface area (Å²) >= 11 is 12.1. The van der Waals surface area contributed by atoms with Crippen molar-refractivity contribution in [2.45, 2.75) is 62.8 Å². The van der Waals surface area contributed by atoms with Crippen LogP contribution in [-0.4, -0.2) is 34.3 Å². The van der Waals surface area contributed by atoms with Gasteiger partial charge in [-0.2, -0.15) is 0 Å². The van der Waals surface area contributed by atoms with Gasteiger partial charge in [0, 0.05) is 43.0 Å². The van der Waals surface area contributed by atoms with E-state index in [1.54, 1.807) is 25.1 Å². The molecule has 2 atom stereocenters. The maximum absolute atomic E-state index is 13.6. The van der Waals surface area contributed by atoms with Crippen LogP contribution < -0.4 is 4.31 Å². The molecule has 0 saturated carbocycles. The van der Waals surface area contributed by atoms with Gasteiger partial charge in [-0.05, 0) is 76.9 Å². The van der Waals surface area contributed by atoms with Crippen molar-refractivity contribution in [3.8, 4) is 0 Å². The Labute approximate surface area is 197 Å². The van der Waals surface area contributed by atoms with Gasteiger partial charge in [-0.25, -0.2) is 8.42 Å². The summed E-state index contributed by atoms with van der Waals surface area (Å²) in [5.74, 6) is 0.477. The monoisotopic (exact) mass is 505 g/mol. The molecule has 1 N–H and O–H groups in total. The minimum Gasteiger partial charge on any atom is -0.392 e. The Morgan fingerprint density at radius 3 is 2.19 bits per heavy atom. The summed E-state index contributed by atoms with van der Waals surface area (Å²) in [7, 11) is -4.99. The van der Waals surface area contributed by atoms with Gasteiger partial charge in [0.05, 0.1) is 17.2 Å². The summed E-state index contributed by atoms with van der Waals surface area (Å²) in [6.07, 6.45) is 1.08. The SMILES string of the molecule is C[C@H](CCCS(=O)C(C)(C)C)N(c1cc(Cl)ccc1CO)S(=O)(=O)c1ccc(Cl)cc1. The molecule has 2 aromatic rings. The van der Waals surface area contributed by atoms with Crippen molar-refractivity contribution in [2.75, 3.05) is 10.1 Å². The van der Waals surface area contributed by atoms with Crippen LogP contribution in [-0.2, 0) is 27.4 Å². The van der Waals surface area contributed by atoms with Crippen molar-refractivity contribution in [1.29, 1.82) is 0 Å². The number of aliphatic hydroxyl groups excluding tert-OH is 1. The molecule has 0 aliphatic carbocycles. The van der Waals surface area contributed by atoms with E-state index in [0.717, 1.165) is 0 Å². The van der Waals surface area contributed by atoms with Gasteiger partial charge in [0.2, 0.25) is 0 Å². The van der Waals surface area contributed by atoms with Crippen LogP contribution in [0.3, 0.4) is 0 Å². The van der Waals surface area contributed by atoms with Gasteiger partial charge < -0.3 is 5.11 Å². The van der Waals surface area contributed by atoms with Crippen LogP contribution >= 0.6 is 23.2 Å². The Kier molecular flexibility index (Phi) is 8.99. The molecular weight excluding hydrogens is 477 g/mol. The van der Waals surface area contributed by atoms with E-state index in [0.29, 0.717) is 39.9 Å². The number of hydrogen-bond donors (Lipinski definition) is 1. The zero-order chi connectivity index (χ0) is 23.4. The van der Waals surface area contributed by atoms with E-state index >= 15 is 0 Å². The van der Waals surface area contributed by atoms with Crippen LogP contribution in [0, 0.1) is 0 Å². The first kappa shape index (κ1) is 26.1. The largest absolute Gasteiger partial charge is 0.392 e. The molecule has 0 saturated heterocycles. The Morgan fingerprint density at radius 2 is 1.65 bits per heavy atom. The summed E-state index contributed by atoms with van der Waals surface area (Å²) in [6, 6.07) is 10.3. The van der Waals surface area contributed by atoms with Gasteiger partial charge in [0.15, 0.2) is 0 Å². The number of nitrogens with zero attached hydrogens (tertiary/aromatic N) is 1. The maximum Gasteiger partial charge on any atom is 0.264 e. The van der Waals surface area contributed by atoms with E-state index in [1.165, 1.54) is 28.6 Å². The predicted octanol–water partition coefficient (Wildman–Crippen LogP) is 5.40. The number of halogens is 2. The van der Waals surface area contributed by atoms with Crippen LogP contribution in [0.1, 0.15) is 46.1 Å². The van der Waals surface area contributed by atoms with E-state index in [4.69, 9.17) is 23.2 Å². The van der Waals surface area contributed by atoms with Gasteiger partial charge in [-0.3, -0.25) is 8.51 Å². The molecule has 0 spiro atoms. The highest BCUT2D eigenvalue weighted by molar-refractivity contribution is 7.92. The molecule has 5 nitrogen and oxygen atoms in total. The molecule has 172 valence electrons. The summed E-state index contributed by atoms with van der Waals surface area (Å²) in [5.41, 5.74) is 0.779. The molecular formula is C22H29Cl2NO4S2. The van der Waals surface area contributed by atoms with E-state index in [9.17, 15) is 17.7 Å². The Bertz CT molecular complexity index is 1020. The number of sulfonamides is 1. The van der Waals surface area contributed by atoms with Gasteiger partial charge in [-0.15, -0.1) is 0 Å². The van der Waals surface area contributed by atoms with Crippen LogP contribution in [0.4, 0.5) is 5.69 Å². The molecule has 0 heterocycles. The smallest absolute Gasteiger partial charge is 0.264 e. The Balaban J connectivity index is 2.45. The fraction of sp³-hybridized carbons (Fsp3) is 0.455. The third-order valence-corrected chi connectivity index (χ3v) is 9.32. The molecule has 0 radical (unpaired) electrons. The van der Waals surface area contributed by atoms with Crippen molar-refractivity contribution in [1.82, 2.24) is 0 Å². The number of benzene rings is 2. The van der Waals surface area contributed by atoms with Crippen molar-refractivity contribution < 1.29 is 17.7 Å². The Hall–Kier alpha value is -1.12. The number of hydrogen-bond acceptors (Lipinski definition) is 4. The second kappa shape index (κ2) is 10.7. The lowest BCUT2D eigenvalue weighted by Crippen LogP contribution is -2.39. The van der Waals surface area contributed by atoms with Crippen molar-refractivity contribution in [2.24, 2.45) is 0 Å². The second-order valence-electron chi connectivity index (χ2n) is 8.34. The molecule has 0 fully saturated rings.